The molecule has 1 aliphatic heterocycles. The van der Waals surface area contributed by atoms with Crippen LogP contribution in [-0.2, 0) is 14.9 Å². The summed E-state index contributed by atoms with van der Waals surface area (Å²) < 4.78 is 31.8. The average Bonchev–Trinajstić information content (AvgIpc) is 3.27. The second-order valence-electron chi connectivity index (χ2n) is 10.7. The SMILES string of the molecule is CC1=NN(c2cc(S(=O)(=O)O)ccc2Cl)C(=O)C1N=Nc1ccccc1.CCCCCCCCNCCCCCCCC. The fraction of sp³-hybridized carbons (Fsp3) is 0.562. The number of azo groups is 1. The molecule has 1 unspecified atom stereocenters. The van der Waals surface area contributed by atoms with E-state index in [-0.39, 0.29) is 10.7 Å². The van der Waals surface area contributed by atoms with E-state index in [1.807, 2.05) is 6.07 Å². The third kappa shape index (κ3) is 13.7. The molecule has 2 aromatic carbocycles. The van der Waals surface area contributed by atoms with Crippen molar-refractivity contribution >= 4 is 44.7 Å². The molecule has 0 aliphatic carbocycles. The van der Waals surface area contributed by atoms with Gasteiger partial charge in [-0.2, -0.15) is 28.8 Å². The van der Waals surface area contributed by atoms with Gasteiger partial charge >= 0.3 is 0 Å². The number of unbranched alkanes of at least 4 members (excludes halogenated alkanes) is 10. The van der Waals surface area contributed by atoms with Crippen molar-refractivity contribution in [2.45, 2.75) is 109 Å². The number of benzene rings is 2. The number of hydrogen-bond acceptors (Lipinski definition) is 7. The molecule has 2 aromatic rings. The van der Waals surface area contributed by atoms with E-state index in [0.717, 1.165) is 17.1 Å². The number of nitrogens with one attached hydrogen (secondary N) is 1. The van der Waals surface area contributed by atoms with Crippen molar-refractivity contribution in [1.29, 1.82) is 0 Å². The van der Waals surface area contributed by atoms with Crippen molar-refractivity contribution < 1.29 is 17.8 Å². The van der Waals surface area contributed by atoms with Gasteiger partial charge in [0.05, 0.1) is 27.0 Å². The fourth-order valence-corrected chi connectivity index (χ4v) is 5.18. The molecular formula is C32H48ClN5O4S. The lowest BCUT2D eigenvalue weighted by Gasteiger charge is -2.15. The van der Waals surface area contributed by atoms with Crippen LogP contribution in [0.1, 0.15) is 97.8 Å². The zero-order valence-corrected chi connectivity index (χ0v) is 27.4. The number of halogens is 1. The van der Waals surface area contributed by atoms with Gasteiger partial charge in [-0.3, -0.25) is 9.35 Å². The van der Waals surface area contributed by atoms with E-state index in [9.17, 15) is 17.8 Å². The van der Waals surface area contributed by atoms with Gasteiger partial charge in [0.1, 0.15) is 0 Å². The summed E-state index contributed by atoms with van der Waals surface area (Å²) >= 11 is 6.07. The molecule has 0 fully saturated rings. The highest BCUT2D eigenvalue weighted by Gasteiger charge is 2.36. The molecule has 0 bridgehead atoms. The van der Waals surface area contributed by atoms with Crippen LogP contribution in [0, 0.1) is 0 Å². The lowest BCUT2D eigenvalue weighted by Crippen LogP contribution is -2.30. The minimum atomic E-state index is -4.45. The highest BCUT2D eigenvalue weighted by molar-refractivity contribution is 7.85. The second-order valence-corrected chi connectivity index (χ2v) is 12.5. The number of anilines is 1. The molecular weight excluding hydrogens is 586 g/mol. The van der Waals surface area contributed by atoms with Crippen molar-refractivity contribution in [3.63, 3.8) is 0 Å². The summed E-state index contributed by atoms with van der Waals surface area (Å²) in [6.07, 6.45) is 16.9. The molecule has 0 saturated heterocycles. The Bertz CT molecular complexity index is 1260. The summed E-state index contributed by atoms with van der Waals surface area (Å²) in [7, 11) is -4.45. The summed E-state index contributed by atoms with van der Waals surface area (Å²) in [5, 5.41) is 16.8. The summed E-state index contributed by atoms with van der Waals surface area (Å²) in [5.41, 5.74) is 0.990. The molecule has 1 heterocycles. The predicted octanol–water partition coefficient (Wildman–Crippen LogP) is 8.76. The van der Waals surface area contributed by atoms with Gasteiger partial charge in [0.25, 0.3) is 16.0 Å². The van der Waals surface area contributed by atoms with E-state index in [4.69, 9.17) is 11.6 Å². The number of rotatable bonds is 18. The third-order valence-electron chi connectivity index (χ3n) is 7.00. The first-order valence-corrected chi connectivity index (χ1v) is 17.3. The molecule has 43 heavy (non-hydrogen) atoms. The maximum absolute atomic E-state index is 12.6. The first-order chi connectivity index (χ1) is 20.7. The van der Waals surface area contributed by atoms with E-state index in [1.54, 1.807) is 31.2 Å². The van der Waals surface area contributed by atoms with Crippen LogP contribution in [0.3, 0.4) is 0 Å². The minimum absolute atomic E-state index is 0.0311. The fourth-order valence-electron chi connectivity index (χ4n) is 4.48. The maximum Gasteiger partial charge on any atom is 0.294 e. The maximum atomic E-state index is 12.6. The molecule has 1 amide bonds. The topological polar surface area (TPSA) is 124 Å². The van der Waals surface area contributed by atoms with Gasteiger partial charge < -0.3 is 5.32 Å². The van der Waals surface area contributed by atoms with Crippen LogP contribution in [0.5, 0.6) is 0 Å². The Balaban J connectivity index is 0.000000332. The van der Waals surface area contributed by atoms with Crippen LogP contribution in [0.15, 0.2) is 68.8 Å². The van der Waals surface area contributed by atoms with E-state index in [0.29, 0.717) is 11.4 Å². The van der Waals surface area contributed by atoms with Crippen molar-refractivity contribution in [2.24, 2.45) is 15.3 Å². The highest BCUT2D eigenvalue weighted by atomic mass is 35.5. The highest BCUT2D eigenvalue weighted by Crippen LogP contribution is 2.32. The standard InChI is InChI=1S/C16H13ClN4O4S.C16H35N/c1-10-15(19-18-11-5-3-2-4-6-11)16(22)21(20-10)14-9-12(26(23,24)25)7-8-13(14)17;1-3-5-7-9-11-13-15-17-16-14-12-10-8-6-4-2/h2-9,15H,1H3,(H,23,24,25);17H,3-16H2,1-2H3. The van der Waals surface area contributed by atoms with Gasteiger partial charge in [-0.15, -0.1) is 0 Å². The zero-order valence-electron chi connectivity index (χ0n) is 25.8. The monoisotopic (exact) mass is 633 g/mol. The third-order valence-corrected chi connectivity index (χ3v) is 8.17. The van der Waals surface area contributed by atoms with Crippen LogP contribution in [-0.4, -0.2) is 43.7 Å². The van der Waals surface area contributed by atoms with Gasteiger partial charge in [0, 0.05) is 0 Å². The second kappa shape index (κ2) is 20.3. The lowest BCUT2D eigenvalue weighted by molar-refractivity contribution is -0.117. The first kappa shape index (κ1) is 36.5. The van der Waals surface area contributed by atoms with E-state index in [1.165, 1.54) is 96.2 Å². The number of amides is 1. The number of hydrazone groups is 1. The molecule has 0 saturated carbocycles. The smallest absolute Gasteiger partial charge is 0.294 e. The van der Waals surface area contributed by atoms with E-state index >= 15 is 0 Å². The van der Waals surface area contributed by atoms with Crippen LogP contribution in [0.4, 0.5) is 11.4 Å². The Morgan fingerprint density at radius 3 is 2.00 bits per heavy atom. The van der Waals surface area contributed by atoms with Crippen molar-refractivity contribution in [3.05, 3.63) is 53.6 Å². The van der Waals surface area contributed by atoms with Crippen LogP contribution in [0.25, 0.3) is 0 Å². The molecule has 1 aliphatic rings. The van der Waals surface area contributed by atoms with Gasteiger partial charge in [0.2, 0.25) is 0 Å². The largest absolute Gasteiger partial charge is 0.317 e. The first-order valence-electron chi connectivity index (χ1n) is 15.5. The molecule has 0 radical (unpaired) electrons. The van der Waals surface area contributed by atoms with E-state index in [2.05, 4.69) is 34.5 Å². The summed E-state index contributed by atoms with van der Waals surface area (Å²) in [6, 6.07) is 11.4. The normalized spacial score (nSPS) is 15.1. The number of carbonyl (C=O) groups is 1. The molecule has 11 heteroatoms. The Morgan fingerprint density at radius 1 is 0.884 bits per heavy atom. The van der Waals surface area contributed by atoms with Crippen LogP contribution >= 0.6 is 11.6 Å². The predicted molar refractivity (Wildman–Crippen MR) is 176 cm³/mol. The van der Waals surface area contributed by atoms with Crippen LogP contribution < -0.4 is 10.3 Å². The van der Waals surface area contributed by atoms with Crippen LogP contribution in [0.2, 0.25) is 5.02 Å². The Hall–Kier alpha value is -2.66. The minimum Gasteiger partial charge on any atom is -0.317 e. The Morgan fingerprint density at radius 2 is 1.44 bits per heavy atom. The van der Waals surface area contributed by atoms with Gasteiger partial charge in [0.15, 0.2) is 6.04 Å². The van der Waals surface area contributed by atoms with Gasteiger partial charge in [-0.1, -0.05) is 108 Å². The molecule has 0 spiro atoms. The molecule has 0 aromatic heterocycles. The number of hydrogen-bond donors (Lipinski definition) is 2. The quantitative estimate of drug-likeness (QED) is 0.0964. The molecule has 9 nitrogen and oxygen atoms in total. The zero-order chi connectivity index (χ0) is 31.5. The number of carbonyl (C=O) groups excluding carboxylic acids is 1. The van der Waals surface area contributed by atoms with Crippen molar-refractivity contribution in [3.8, 4) is 0 Å². The molecule has 2 N–H and O–H groups in total. The molecule has 1 atom stereocenters. The Labute approximate surface area is 263 Å². The summed E-state index contributed by atoms with van der Waals surface area (Å²) in [6.45, 7) is 8.64. The van der Waals surface area contributed by atoms with Crippen molar-refractivity contribution in [1.82, 2.24) is 5.32 Å². The lowest BCUT2D eigenvalue weighted by atomic mass is 10.1. The van der Waals surface area contributed by atoms with Gasteiger partial charge in [-0.25, -0.2) is 0 Å². The van der Waals surface area contributed by atoms with E-state index < -0.39 is 27.0 Å². The van der Waals surface area contributed by atoms with Gasteiger partial charge in [-0.05, 0) is 63.2 Å². The average molecular weight is 634 g/mol. The molecule has 238 valence electrons. The molecule has 3 rings (SSSR count). The summed E-state index contributed by atoms with van der Waals surface area (Å²) in [5.74, 6) is -0.531. The van der Waals surface area contributed by atoms with Crippen molar-refractivity contribution in [2.75, 3.05) is 18.1 Å². The summed E-state index contributed by atoms with van der Waals surface area (Å²) in [4.78, 5) is 12.2. The Kier molecular flexibility index (Phi) is 17.3. The number of nitrogens with zero attached hydrogens (tertiary/aromatic N) is 4.